The van der Waals surface area contributed by atoms with Crippen LogP contribution in [-0.2, 0) is 4.79 Å². The average molecular weight is 168 g/mol. The number of rotatable bonds is 1. The number of carbonyl (C=O) groups excluding carboxylic acids is 1. The van der Waals surface area contributed by atoms with Gasteiger partial charge in [0.1, 0.15) is 5.78 Å². The smallest absolute Gasteiger partial charge is 0.133 e. The lowest BCUT2D eigenvalue weighted by Crippen LogP contribution is -2.18. The lowest BCUT2D eigenvalue weighted by molar-refractivity contribution is -0.122. The largest absolute Gasteiger partial charge is 0.300 e. The van der Waals surface area contributed by atoms with Gasteiger partial charge in [-0.25, -0.2) is 0 Å². The van der Waals surface area contributed by atoms with Crippen molar-refractivity contribution in [3.63, 3.8) is 0 Å². The van der Waals surface area contributed by atoms with E-state index >= 15 is 0 Å². The first-order valence-electron chi connectivity index (χ1n) is 5.11. The van der Waals surface area contributed by atoms with Crippen molar-refractivity contribution >= 4 is 5.78 Å². The monoisotopic (exact) mass is 168 g/mol. The van der Waals surface area contributed by atoms with Crippen LogP contribution in [0, 0.1) is 17.8 Å². The summed E-state index contributed by atoms with van der Waals surface area (Å²) in [5, 5.41) is 0. The molecule has 3 unspecified atom stereocenters. The van der Waals surface area contributed by atoms with Crippen LogP contribution < -0.4 is 0 Å². The van der Waals surface area contributed by atoms with Crippen LogP contribution in [-0.4, -0.2) is 5.78 Å². The molecule has 0 aromatic rings. The zero-order valence-electron chi connectivity index (χ0n) is 8.47. The molecule has 0 radical (unpaired) electrons. The minimum absolute atomic E-state index is 0.356. The Morgan fingerprint density at radius 3 is 2.50 bits per heavy atom. The number of hydrogen-bond acceptors (Lipinski definition) is 1. The Balaban J connectivity index is 2.57. The summed E-state index contributed by atoms with van der Waals surface area (Å²) in [7, 11) is 0. The molecule has 1 aliphatic rings. The van der Waals surface area contributed by atoms with Gasteiger partial charge in [-0.15, -0.1) is 0 Å². The summed E-state index contributed by atoms with van der Waals surface area (Å²) in [6.07, 6.45) is 4.93. The molecule has 0 N–H and O–H groups in total. The Labute approximate surface area is 75.5 Å². The van der Waals surface area contributed by atoms with E-state index in [4.69, 9.17) is 0 Å². The molecule has 0 spiro atoms. The highest BCUT2D eigenvalue weighted by Crippen LogP contribution is 2.31. The Bertz CT molecular complexity index is 162. The molecule has 0 amide bonds. The van der Waals surface area contributed by atoms with E-state index in [1.165, 1.54) is 19.3 Å². The van der Waals surface area contributed by atoms with Crippen molar-refractivity contribution in [1.82, 2.24) is 0 Å². The third kappa shape index (κ3) is 2.33. The van der Waals surface area contributed by atoms with Crippen molar-refractivity contribution < 1.29 is 4.79 Å². The highest BCUT2D eigenvalue weighted by molar-refractivity contribution is 5.78. The summed E-state index contributed by atoms with van der Waals surface area (Å²) in [6.45, 7) is 6.28. The second kappa shape index (κ2) is 4.06. The molecule has 1 saturated carbocycles. The third-order valence-electron chi connectivity index (χ3n) is 3.20. The molecular formula is C11H20O. The van der Waals surface area contributed by atoms with Gasteiger partial charge in [0.25, 0.3) is 0 Å². The third-order valence-corrected chi connectivity index (χ3v) is 3.20. The SMILES string of the molecule is CC(=O)C1CCCC(C)CC1C. The Morgan fingerprint density at radius 1 is 1.25 bits per heavy atom. The first-order valence-corrected chi connectivity index (χ1v) is 5.11. The molecule has 1 heteroatoms. The van der Waals surface area contributed by atoms with Gasteiger partial charge in [0.2, 0.25) is 0 Å². The first-order chi connectivity index (χ1) is 5.61. The van der Waals surface area contributed by atoms with Gasteiger partial charge in [-0.2, -0.15) is 0 Å². The van der Waals surface area contributed by atoms with Crippen LogP contribution in [0.2, 0.25) is 0 Å². The molecule has 0 aliphatic heterocycles. The fourth-order valence-corrected chi connectivity index (χ4v) is 2.49. The van der Waals surface area contributed by atoms with Gasteiger partial charge in [-0.1, -0.05) is 26.7 Å². The maximum absolute atomic E-state index is 11.3. The molecule has 1 nitrogen and oxygen atoms in total. The molecule has 0 bridgehead atoms. The quantitative estimate of drug-likeness (QED) is 0.550. The van der Waals surface area contributed by atoms with Gasteiger partial charge in [-0.05, 0) is 31.6 Å². The lowest BCUT2D eigenvalue weighted by Gasteiger charge is -2.19. The molecule has 3 atom stereocenters. The molecule has 0 heterocycles. The van der Waals surface area contributed by atoms with Crippen molar-refractivity contribution in [3.8, 4) is 0 Å². The summed E-state index contributed by atoms with van der Waals surface area (Å²) in [5.74, 6) is 2.19. The number of carbonyl (C=O) groups is 1. The van der Waals surface area contributed by atoms with Crippen molar-refractivity contribution in [2.75, 3.05) is 0 Å². The van der Waals surface area contributed by atoms with Crippen molar-refractivity contribution in [1.29, 1.82) is 0 Å². The Hall–Kier alpha value is -0.330. The van der Waals surface area contributed by atoms with Gasteiger partial charge >= 0.3 is 0 Å². The minimum Gasteiger partial charge on any atom is -0.300 e. The highest BCUT2D eigenvalue weighted by Gasteiger charge is 2.25. The van der Waals surface area contributed by atoms with E-state index in [-0.39, 0.29) is 0 Å². The van der Waals surface area contributed by atoms with Crippen LogP contribution in [0.1, 0.15) is 46.5 Å². The highest BCUT2D eigenvalue weighted by atomic mass is 16.1. The number of ketones is 1. The fraction of sp³-hybridized carbons (Fsp3) is 0.909. The average Bonchev–Trinajstić information content (AvgIpc) is 2.10. The molecule has 12 heavy (non-hydrogen) atoms. The normalized spacial score (nSPS) is 37.4. The van der Waals surface area contributed by atoms with Gasteiger partial charge < -0.3 is 0 Å². The van der Waals surface area contributed by atoms with E-state index in [9.17, 15) is 4.79 Å². The zero-order chi connectivity index (χ0) is 9.14. The summed E-state index contributed by atoms with van der Waals surface area (Å²) < 4.78 is 0. The minimum atomic E-state index is 0.356. The molecule has 1 aliphatic carbocycles. The molecule has 0 saturated heterocycles. The Kier molecular flexibility index (Phi) is 3.30. The zero-order valence-corrected chi connectivity index (χ0v) is 8.47. The number of Topliss-reactive ketones (excluding diaryl/α,β-unsaturated/α-hetero) is 1. The molecule has 0 aromatic carbocycles. The van der Waals surface area contributed by atoms with E-state index in [2.05, 4.69) is 13.8 Å². The van der Waals surface area contributed by atoms with E-state index in [1.54, 1.807) is 6.92 Å². The molecular weight excluding hydrogens is 148 g/mol. The van der Waals surface area contributed by atoms with Crippen molar-refractivity contribution in [2.24, 2.45) is 17.8 Å². The van der Waals surface area contributed by atoms with Crippen molar-refractivity contribution in [3.05, 3.63) is 0 Å². The summed E-state index contributed by atoms with van der Waals surface area (Å²) in [4.78, 5) is 11.3. The maximum Gasteiger partial charge on any atom is 0.133 e. The Morgan fingerprint density at radius 2 is 1.92 bits per heavy atom. The van der Waals surface area contributed by atoms with Crippen LogP contribution in [0.4, 0.5) is 0 Å². The maximum atomic E-state index is 11.3. The van der Waals surface area contributed by atoms with Crippen LogP contribution in [0.5, 0.6) is 0 Å². The van der Waals surface area contributed by atoms with Crippen LogP contribution >= 0.6 is 0 Å². The van der Waals surface area contributed by atoms with Gasteiger partial charge in [-0.3, -0.25) is 4.79 Å². The molecule has 70 valence electrons. The summed E-state index contributed by atoms with van der Waals surface area (Å²) >= 11 is 0. The second-order valence-corrected chi connectivity index (χ2v) is 4.47. The van der Waals surface area contributed by atoms with Gasteiger partial charge in [0.05, 0.1) is 0 Å². The fourth-order valence-electron chi connectivity index (χ4n) is 2.49. The topological polar surface area (TPSA) is 17.1 Å². The van der Waals surface area contributed by atoms with E-state index in [0.29, 0.717) is 17.6 Å². The van der Waals surface area contributed by atoms with Crippen molar-refractivity contribution in [2.45, 2.75) is 46.5 Å². The summed E-state index contributed by atoms with van der Waals surface area (Å²) in [5.41, 5.74) is 0. The van der Waals surface area contributed by atoms with Gasteiger partial charge in [0.15, 0.2) is 0 Å². The van der Waals surface area contributed by atoms with Crippen LogP contribution in [0.25, 0.3) is 0 Å². The standard InChI is InChI=1S/C11H20O/c1-8-5-4-6-11(10(3)12)9(2)7-8/h8-9,11H,4-7H2,1-3H3. The first kappa shape index (κ1) is 9.76. The lowest BCUT2D eigenvalue weighted by atomic mass is 9.85. The van der Waals surface area contributed by atoms with Gasteiger partial charge in [0, 0.05) is 5.92 Å². The second-order valence-electron chi connectivity index (χ2n) is 4.47. The van der Waals surface area contributed by atoms with E-state index < -0.39 is 0 Å². The molecule has 1 rings (SSSR count). The van der Waals surface area contributed by atoms with E-state index in [0.717, 1.165) is 12.3 Å². The molecule has 0 aromatic heterocycles. The number of hydrogen-bond donors (Lipinski definition) is 0. The summed E-state index contributed by atoms with van der Waals surface area (Å²) in [6, 6.07) is 0. The van der Waals surface area contributed by atoms with Crippen LogP contribution in [0.15, 0.2) is 0 Å². The van der Waals surface area contributed by atoms with Crippen LogP contribution in [0.3, 0.4) is 0 Å². The predicted molar refractivity (Wildman–Crippen MR) is 51.0 cm³/mol. The predicted octanol–water partition coefficient (Wildman–Crippen LogP) is 3.04. The van der Waals surface area contributed by atoms with E-state index in [1.807, 2.05) is 0 Å². The molecule has 1 fully saturated rings.